The molecule has 0 spiro atoms. The molecule has 24 heavy (non-hydrogen) atoms. The Balaban J connectivity index is 1.58. The number of carbonyl (C=O) groups is 5. The first-order valence-corrected chi connectivity index (χ1v) is 7.29. The van der Waals surface area contributed by atoms with Crippen molar-refractivity contribution in [1.82, 2.24) is 9.62 Å². The summed E-state index contributed by atoms with van der Waals surface area (Å²) in [4.78, 5) is 61.3. The highest BCUT2D eigenvalue weighted by Gasteiger charge is 2.57. The molecule has 6 fully saturated rings. The molecule has 4 bridgehead atoms. The van der Waals surface area contributed by atoms with E-state index in [1.54, 1.807) is 0 Å². The zero-order valence-electron chi connectivity index (χ0n) is 12.2. The van der Waals surface area contributed by atoms with Crippen molar-refractivity contribution in [3.8, 4) is 0 Å². The average molecular weight is 336 g/mol. The molecule has 0 aromatic heterocycles. The summed E-state index contributed by atoms with van der Waals surface area (Å²) in [6.07, 6.45) is -0.371. The van der Waals surface area contributed by atoms with Crippen molar-refractivity contribution in [3.63, 3.8) is 0 Å². The predicted octanol–water partition coefficient (Wildman–Crippen LogP) is -2.08. The molecule has 0 aromatic rings. The van der Waals surface area contributed by atoms with Crippen LogP contribution >= 0.6 is 0 Å². The van der Waals surface area contributed by atoms with Crippen molar-refractivity contribution in [2.45, 2.75) is 12.8 Å². The standard InChI is InChI=1S/C11H10B2N2O9/c16-7-1-5-3-14(12(21-7)23-9(5)18)11(20)15-4-6-2-8(17)22-13(15)24-10(6)19/h5-6H,1-4H2. The van der Waals surface area contributed by atoms with E-state index in [1.165, 1.54) is 0 Å². The second-order valence-corrected chi connectivity index (χ2v) is 5.86. The molecule has 0 N–H and O–H groups in total. The molecule has 13 heteroatoms. The van der Waals surface area contributed by atoms with E-state index in [1.807, 2.05) is 0 Å². The van der Waals surface area contributed by atoms with Gasteiger partial charge in [0.05, 0.1) is 24.7 Å². The summed E-state index contributed by atoms with van der Waals surface area (Å²) < 4.78 is 19.7. The van der Waals surface area contributed by atoms with E-state index in [9.17, 15) is 24.0 Å². The van der Waals surface area contributed by atoms with E-state index in [-0.39, 0.29) is 25.9 Å². The molecule has 0 aliphatic carbocycles. The molecule has 6 saturated heterocycles. The van der Waals surface area contributed by atoms with E-state index >= 15 is 0 Å². The van der Waals surface area contributed by atoms with E-state index < -0.39 is 56.3 Å². The van der Waals surface area contributed by atoms with Crippen LogP contribution in [0.3, 0.4) is 0 Å². The number of fused-ring (bicyclic) bond motifs is 8. The van der Waals surface area contributed by atoms with Crippen LogP contribution in [0.4, 0.5) is 4.79 Å². The van der Waals surface area contributed by atoms with Gasteiger partial charge in [-0.25, -0.2) is 0 Å². The molecule has 0 radical (unpaired) electrons. The monoisotopic (exact) mass is 336 g/mol. The maximum absolute atomic E-state index is 12.8. The van der Waals surface area contributed by atoms with Gasteiger partial charge in [0.15, 0.2) is 0 Å². The van der Waals surface area contributed by atoms with Gasteiger partial charge in [0.1, 0.15) is 0 Å². The lowest BCUT2D eigenvalue weighted by Gasteiger charge is -2.36. The maximum atomic E-state index is 12.8. The zero-order chi connectivity index (χ0) is 17.0. The van der Waals surface area contributed by atoms with Crippen LogP contribution in [-0.4, -0.2) is 67.1 Å². The molecule has 2 unspecified atom stereocenters. The lowest BCUT2D eigenvalue weighted by Crippen LogP contribution is -2.63. The highest BCUT2D eigenvalue weighted by atomic mass is 16.7. The number of urea groups is 1. The smallest absolute Gasteiger partial charge is 0.480 e. The third-order valence-corrected chi connectivity index (χ3v) is 4.23. The first-order valence-electron chi connectivity index (χ1n) is 7.29. The molecule has 6 aliphatic heterocycles. The Bertz CT molecular complexity index is 612. The van der Waals surface area contributed by atoms with Crippen LogP contribution in [0.5, 0.6) is 0 Å². The lowest BCUT2D eigenvalue weighted by atomic mass is 9.93. The molecule has 6 rings (SSSR count). The Morgan fingerprint density at radius 3 is 1.62 bits per heavy atom. The van der Waals surface area contributed by atoms with Crippen LogP contribution in [0, 0.1) is 11.8 Å². The quantitative estimate of drug-likeness (QED) is 0.458. The van der Waals surface area contributed by atoms with E-state index in [2.05, 4.69) is 0 Å². The van der Waals surface area contributed by atoms with Crippen LogP contribution in [0.15, 0.2) is 0 Å². The molecule has 2 atom stereocenters. The van der Waals surface area contributed by atoms with Crippen molar-refractivity contribution in [1.29, 1.82) is 0 Å². The molecular formula is C11H10B2N2O9. The Labute approximate surface area is 135 Å². The van der Waals surface area contributed by atoms with E-state index in [0.29, 0.717) is 0 Å². The van der Waals surface area contributed by atoms with E-state index in [0.717, 1.165) is 9.62 Å². The molecule has 0 saturated carbocycles. The van der Waals surface area contributed by atoms with Gasteiger partial charge >= 0.3 is 20.5 Å². The average Bonchev–Trinajstić information content (AvgIpc) is 2.89. The molecule has 11 nitrogen and oxygen atoms in total. The predicted molar refractivity (Wildman–Crippen MR) is 70.9 cm³/mol. The SMILES string of the molecule is O=C1CC2CN(C(=O)N3CC4CC(=O)OB3OC4=O)B(O1)OC2=O. The summed E-state index contributed by atoms with van der Waals surface area (Å²) in [6, 6.07) is -0.718. The third kappa shape index (κ3) is 2.27. The fourth-order valence-corrected chi connectivity index (χ4v) is 3.01. The van der Waals surface area contributed by atoms with Crippen molar-refractivity contribution in [3.05, 3.63) is 0 Å². The van der Waals surface area contributed by atoms with Crippen LogP contribution in [0.2, 0.25) is 0 Å². The minimum absolute atomic E-state index is 0.0795. The summed E-state index contributed by atoms with van der Waals surface area (Å²) in [7, 11) is -2.96. The number of rotatable bonds is 0. The van der Waals surface area contributed by atoms with Gasteiger partial charge in [-0.05, 0) is 0 Å². The summed E-state index contributed by atoms with van der Waals surface area (Å²) in [6.45, 7) is -0.159. The van der Waals surface area contributed by atoms with Gasteiger partial charge in [-0.2, -0.15) is 0 Å². The first-order chi connectivity index (χ1) is 11.4. The van der Waals surface area contributed by atoms with Crippen molar-refractivity contribution in [2.24, 2.45) is 11.8 Å². The molecule has 6 aliphatic rings. The zero-order valence-corrected chi connectivity index (χ0v) is 12.2. The molecule has 2 amide bonds. The van der Waals surface area contributed by atoms with Gasteiger partial charge < -0.3 is 18.6 Å². The highest BCUT2D eigenvalue weighted by Crippen LogP contribution is 2.28. The van der Waals surface area contributed by atoms with Gasteiger partial charge in [-0.15, -0.1) is 0 Å². The molecule has 0 aromatic carbocycles. The summed E-state index contributed by atoms with van der Waals surface area (Å²) in [5.74, 6) is -4.19. The van der Waals surface area contributed by atoms with Gasteiger partial charge in [0, 0.05) is 13.1 Å². The molecule has 124 valence electrons. The second-order valence-electron chi connectivity index (χ2n) is 5.86. The second kappa shape index (κ2) is 5.14. The van der Waals surface area contributed by atoms with Crippen LogP contribution in [0.25, 0.3) is 0 Å². The number of nitrogens with zero attached hydrogens (tertiary/aromatic N) is 2. The topological polar surface area (TPSA) is 129 Å². The van der Waals surface area contributed by atoms with Crippen molar-refractivity contribution < 1.29 is 42.6 Å². The summed E-state index contributed by atoms with van der Waals surface area (Å²) in [5, 5.41) is 0. The van der Waals surface area contributed by atoms with Crippen molar-refractivity contribution in [2.75, 3.05) is 13.1 Å². The van der Waals surface area contributed by atoms with E-state index in [4.69, 9.17) is 18.6 Å². The number of carbonyl (C=O) groups excluding carboxylic acids is 5. The van der Waals surface area contributed by atoms with Crippen LogP contribution < -0.4 is 0 Å². The normalized spacial score (nSPS) is 28.8. The Kier molecular flexibility index (Phi) is 3.18. The Hall–Kier alpha value is -2.72. The van der Waals surface area contributed by atoms with Gasteiger partial charge in [-0.3, -0.25) is 33.6 Å². The Morgan fingerprint density at radius 2 is 1.21 bits per heavy atom. The van der Waals surface area contributed by atoms with Crippen LogP contribution in [-0.2, 0) is 37.8 Å². The molecular weight excluding hydrogens is 326 g/mol. The highest BCUT2D eigenvalue weighted by molar-refractivity contribution is 6.54. The molecule has 6 heterocycles. The fraction of sp³-hybridized carbons (Fsp3) is 0.545. The Morgan fingerprint density at radius 1 is 0.792 bits per heavy atom. The van der Waals surface area contributed by atoms with Crippen molar-refractivity contribution >= 4 is 44.4 Å². The summed E-state index contributed by atoms with van der Waals surface area (Å²) >= 11 is 0. The van der Waals surface area contributed by atoms with Gasteiger partial charge in [0.2, 0.25) is 0 Å². The third-order valence-electron chi connectivity index (χ3n) is 4.23. The first kappa shape index (κ1) is 14.8. The van der Waals surface area contributed by atoms with Gasteiger partial charge in [0.25, 0.3) is 23.9 Å². The number of hydrogen-bond acceptors (Lipinski definition) is 9. The fourth-order valence-electron chi connectivity index (χ4n) is 3.01. The van der Waals surface area contributed by atoms with Gasteiger partial charge in [-0.1, -0.05) is 0 Å². The number of amides is 2. The minimum Gasteiger partial charge on any atom is -0.480 e. The maximum Gasteiger partial charge on any atom is 0.745 e. The van der Waals surface area contributed by atoms with Crippen LogP contribution in [0.1, 0.15) is 12.8 Å². The minimum atomic E-state index is -1.48. The summed E-state index contributed by atoms with van der Waals surface area (Å²) in [5.41, 5.74) is 0. The largest absolute Gasteiger partial charge is 0.745 e. The lowest BCUT2D eigenvalue weighted by molar-refractivity contribution is -0.143. The number of hydrogen-bond donors (Lipinski definition) is 0.